The molecule has 1 heterocycles. The van der Waals surface area contributed by atoms with E-state index in [1.165, 1.54) is 12.3 Å². The molecule has 24 heavy (non-hydrogen) atoms. The maximum atomic E-state index is 14.3. The molecule has 4 nitrogen and oxygen atoms in total. The number of aromatic carboxylic acids is 1. The van der Waals surface area contributed by atoms with Crippen LogP contribution in [0, 0.1) is 17.1 Å². The fraction of sp³-hybridized carbons (Fsp3) is 0. The van der Waals surface area contributed by atoms with Gasteiger partial charge >= 0.3 is 5.97 Å². The zero-order chi connectivity index (χ0) is 17.1. The van der Waals surface area contributed by atoms with Crippen LogP contribution >= 0.6 is 0 Å². The maximum absolute atomic E-state index is 14.3. The van der Waals surface area contributed by atoms with E-state index >= 15 is 0 Å². The van der Waals surface area contributed by atoms with E-state index in [9.17, 15) is 14.4 Å². The van der Waals surface area contributed by atoms with Gasteiger partial charge in [-0.25, -0.2) is 9.18 Å². The summed E-state index contributed by atoms with van der Waals surface area (Å²) in [6.07, 6.45) is 1.24. The van der Waals surface area contributed by atoms with Gasteiger partial charge in [0.1, 0.15) is 5.69 Å². The maximum Gasteiger partial charge on any atom is 0.338 e. The molecule has 0 bridgehead atoms. The second kappa shape index (κ2) is 6.31. The zero-order valence-electron chi connectivity index (χ0n) is 12.4. The van der Waals surface area contributed by atoms with E-state index in [-0.39, 0.29) is 5.69 Å². The fourth-order valence-electron chi connectivity index (χ4n) is 2.46. The van der Waals surface area contributed by atoms with Crippen LogP contribution in [0.1, 0.15) is 15.9 Å². The van der Waals surface area contributed by atoms with E-state index in [4.69, 9.17) is 5.11 Å². The van der Waals surface area contributed by atoms with Gasteiger partial charge in [0.2, 0.25) is 0 Å². The van der Waals surface area contributed by atoms with Gasteiger partial charge in [-0.15, -0.1) is 0 Å². The Hall–Kier alpha value is -3.52. The number of aromatic nitrogens is 1. The monoisotopic (exact) mass is 318 g/mol. The van der Waals surface area contributed by atoms with Crippen molar-refractivity contribution in [2.75, 3.05) is 0 Å². The lowest BCUT2D eigenvalue weighted by Gasteiger charge is -2.09. The number of pyridine rings is 1. The first-order valence-corrected chi connectivity index (χ1v) is 7.09. The van der Waals surface area contributed by atoms with E-state index in [1.54, 1.807) is 12.1 Å². The number of nitriles is 1. The highest BCUT2D eigenvalue weighted by Crippen LogP contribution is 2.29. The van der Waals surface area contributed by atoms with Crippen molar-refractivity contribution in [2.24, 2.45) is 0 Å². The second-order valence-electron chi connectivity index (χ2n) is 5.06. The molecule has 0 fully saturated rings. The Bertz CT molecular complexity index is 963. The summed E-state index contributed by atoms with van der Waals surface area (Å²) < 4.78 is 14.3. The average molecular weight is 318 g/mol. The number of hydrogen-bond donors (Lipinski definition) is 1. The molecule has 0 aliphatic rings. The number of rotatable bonds is 3. The molecule has 3 aromatic rings. The van der Waals surface area contributed by atoms with Gasteiger partial charge < -0.3 is 5.11 Å². The topological polar surface area (TPSA) is 74.0 Å². The molecule has 2 aromatic carbocycles. The van der Waals surface area contributed by atoms with Crippen molar-refractivity contribution in [1.29, 1.82) is 5.26 Å². The minimum Gasteiger partial charge on any atom is -0.478 e. The molecule has 116 valence electrons. The Balaban J connectivity index is 2.14. The van der Waals surface area contributed by atoms with Crippen LogP contribution in [0.5, 0.6) is 0 Å². The molecule has 0 amide bonds. The third-order valence-electron chi connectivity index (χ3n) is 3.62. The van der Waals surface area contributed by atoms with Gasteiger partial charge in [-0.2, -0.15) is 5.26 Å². The molecule has 0 unspecified atom stereocenters. The molecule has 1 aromatic heterocycles. The van der Waals surface area contributed by atoms with Gasteiger partial charge in [0.15, 0.2) is 5.82 Å². The zero-order valence-corrected chi connectivity index (χ0v) is 12.4. The van der Waals surface area contributed by atoms with Crippen LogP contribution in [-0.2, 0) is 0 Å². The van der Waals surface area contributed by atoms with Gasteiger partial charge in [0.05, 0.1) is 17.2 Å². The summed E-state index contributed by atoms with van der Waals surface area (Å²) in [5.41, 5.74) is 1.76. The van der Waals surface area contributed by atoms with Gasteiger partial charge in [0, 0.05) is 11.8 Å². The van der Waals surface area contributed by atoms with E-state index in [0.29, 0.717) is 11.1 Å². The molecule has 0 atom stereocenters. The predicted molar refractivity (Wildman–Crippen MR) is 86.7 cm³/mol. The molecule has 1 N–H and O–H groups in total. The van der Waals surface area contributed by atoms with E-state index in [1.807, 2.05) is 30.3 Å². The Kier molecular flexibility index (Phi) is 4.04. The Labute approximate surface area is 137 Å². The number of benzene rings is 2. The van der Waals surface area contributed by atoms with E-state index < -0.39 is 17.3 Å². The van der Waals surface area contributed by atoms with Gasteiger partial charge in [-0.3, -0.25) is 4.98 Å². The molecule has 0 radical (unpaired) electrons. The smallest absolute Gasteiger partial charge is 0.338 e. The largest absolute Gasteiger partial charge is 0.478 e. The molecule has 0 saturated carbocycles. The average Bonchev–Trinajstić information content (AvgIpc) is 2.62. The first-order valence-electron chi connectivity index (χ1n) is 7.09. The molecule has 5 heteroatoms. The third-order valence-corrected chi connectivity index (χ3v) is 3.62. The standard InChI is InChI=1S/C19H11FN2O2/c20-17-16(19(23)24)8-9-22-18(17)13-6-7-15(14(10-13)11-21)12-4-2-1-3-5-12/h1-10H,(H,23,24). The van der Waals surface area contributed by atoms with Crippen molar-refractivity contribution < 1.29 is 14.3 Å². The summed E-state index contributed by atoms with van der Waals surface area (Å²) >= 11 is 0. The van der Waals surface area contributed by atoms with Crippen LogP contribution in [-0.4, -0.2) is 16.1 Å². The van der Waals surface area contributed by atoms with Gasteiger partial charge in [-0.1, -0.05) is 42.5 Å². The predicted octanol–water partition coefficient (Wildman–Crippen LogP) is 4.12. The Morgan fingerprint density at radius 2 is 1.83 bits per heavy atom. The third kappa shape index (κ3) is 2.73. The summed E-state index contributed by atoms with van der Waals surface area (Å²) in [6.45, 7) is 0. The normalized spacial score (nSPS) is 10.2. The number of carboxylic acid groups (broad SMARTS) is 1. The summed E-state index contributed by atoms with van der Waals surface area (Å²) in [5.74, 6) is -2.28. The van der Waals surface area contributed by atoms with Crippen molar-refractivity contribution in [2.45, 2.75) is 0 Å². The Morgan fingerprint density at radius 3 is 2.50 bits per heavy atom. The lowest BCUT2D eigenvalue weighted by molar-refractivity contribution is 0.0692. The van der Waals surface area contributed by atoms with Crippen molar-refractivity contribution in [3.8, 4) is 28.5 Å². The Morgan fingerprint density at radius 1 is 1.08 bits per heavy atom. The summed E-state index contributed by atoms with van der Waals surface area (Å²) in [5, 5.41) is 18.4. The highest BCUT2D eigenvalue weighted by molar-refractivity contribution is 5.89. The SMILES string of the molecule is N#Cc1cc(-c2nccc(C(=O)O)c2F)ccc1-c1ccccc1. The van der Waals surface area contributed by atoms with Crippen LogP contribution in [0.25, 0.3) is 22.4 Å². The molecule has 0 saturated heterocycles. The van der Waals surface area contributed by atoms with Gasteiger partial charge in [-0.05, 0) is 23.3 Å². The lowest BCUT2D eigenvalue weighted by Crippen LogP contribution is -2.03. The summed E-state index contributed by atoms with van der Waals surface area (Å²) in [4.78, 5) is 15.0. The molecular formula is C19H11FN2O2. The summed E-state index contributed by atoms with van der Waals surface area (Å²) in [7, 11) is 0. The van der Waals surface area contributed by atoms with Crippen molar-refractivity contribution >= 4 is 5.97 Å². The van der Waals surface area contributed by atoms with Crippen molar-refractivity contribution in [3.63, 3.8) is 0 Å². The molecule has 0 spiro atoms. The number of halogens is 1. The molecular weight excluding hydrogens is 307 g/mol. The van der Waals surface area contributed by atoms with Gasteiger partial charge in [0.25, 0.3) is 0 Å². The minimum absolute atomic E-state index is 0.0917. The molecule has 0 aliphatic carbocycles. The van der Waals surface area contributed by atoms with Crippen molar-refractivity contribution in [3.05, 3.63) is 77.7 Å². The number of carbonyl (C=O) groups is 1. The van der Waals surface area contributed by atoms with E-state index in [0.717, 1.165) is 17.2 Å². The summed E-state index contributed by atoms with van der Waals surface area (Å²) in [6, 6.07) is 17.4. The van der Waals surface area contributed by atoms with Crippen LogP contribution in [0.15, 0.2) is 60.8 Å². The minimum atomic E-state index is -1.36. The number of hydrogen-bond acceptors (Lipinski definition) is 3. The molecule has 3 rings (SSSR count). The van der Waals surface area contributed by atoms with Crippen LogP contribution in [0.4, 0.5) is 4.39 Å². The lowest BCUT2D eigenvalue weighted by atomic mass is 9.96. The number of carboxylic acids is 1. The van der Waals surface area contributed by atoms with Crippen molar-refractivity contribution in [1.82, 2.24) is 4.98 Å². The molecule has 0 aliphatic heterocycles. The van der Waals surface area contributed by atoms with Crippen LogP contribution in [0.2, 0.25) is 0 Å². The number of nitrogens with zero attached hydrogens (tertiary/aromatic N) is 2. The quantitative estimate of drug-likeness (QED) is 0.788. The highest BCUT2D eigenvalue weighted by Gasteiger charge is 2.17. The van der Waals surface area contributed by atoms with E-state index in [2.05, 4.69) is 11.1 Å². The first-order chi connectivity index (χ1) is 11.6. The fourth-order valence-corrected chi connectivity index (χ4v) is 2.46. The van der Waals surface area contributed by atoms with Crippen LogP contribution in [0.3, 0.4) is 0 Å². The first kappa shape index (κ1) is 15.4. The highest BCUT2D eigenvalue weighted by atomic mass is 19.1. The second-order valence-corrected chi connectivity index (χ2v) is 5.06. The van der Waals surface area contributed by atoms with Crippen LogP contribution < -0.4 is 0 Å².